The summed E-state index contributed by atoms with van der Waals surface area (Å²) in [6.45, 7) is 6.03. The Kier molecular flexibility index (Phi) is 6.99. The lowest BCUT2D eigenvalue weighted by Crippen LogP contribution is -2.40. The summed E-state index contributed by atoms with van der Waals surface area (Å²) >= 11 is 1.66. The molecule has 0 atom stereocenters. The van der Waals surface area contributed by atoms with Crippen molar-refractivity contribution >= 4 is 40.4 Å². The third-order valence-corrected chi connectivity index (χ3v) is 11.2. The Labute approximate surface area is 212 Å². The molecular formula is C31H27NOPS+. The largest absolute Gasteiger partial charge is 0.425 e. The Hall–Kier alpha value is -3.39. The van der Waals surface area contributed by atoms with E-state index in [1.165, 1.54) is 21.5 Å². The van der Waals surface area contributed by atoms with Crippen LogP contribution in [0.1, 0.15) is 5.56 Å². The van der Waals surface area contributed by atoms with E-state index in [4.69, 9.17) is 9.40 Å². The summed E-state index contributed by atoms with van der Waals surface area (Å²) in [6.07, 6.45) is 1.91. The van der Waals surface area contributed by atoms with Crippen molar-refractivity contribution in [2.24, 2.45) is 0 Å². The summed E-state index contributed by atoms with van der Waals surface area (Å²) in [6, 6.07) is 40.7. The fraction of sp³-hybridized carbons (Fsp3) is 0.0645. The fourth-order valence-corrected chi connectivity index (χ4v) is 9.56. The lowest BCUT2D eigenvalue weighted by Gasteiger charge is -2.25. The van der Waals surface area contributed by atoms with Crippen LogP contribution in [-0.4, -0.2) is 10.7 Å². The van der Waals surface area contributed by atoms with Crippen LogP contribution in [-0.2, 0) is 0 Å². The van der Waals surface area contributed by atoms with E-state index in [1.807, 2.05) is 6.08 Å². The van der Waals surface area contributed by atoms with Crippen molar-refractivity contribution in [3.63, 3.8) is 0 Å². The summed E-state index contributed by atoms with van der Waals surface area (Å²) in [5.41, 5.74) is 3.19. The highest BCUT2D eigenvalue weighted by Gasteiger charge is 2.52. The van der Waals surface area contributed by atoms with Gasteiger partial charge in [0.25, 0.3) is 5.44 Å². The highest BCUT2D eigenvalue weighted by Crippen LogP contribution is 2.56. The Morgan fingerprint density at radius 3 is 1.69 bits per heavy atom. The van der Waals surface area contributed by atoms with Crippen molar-refractivity contribution in [2.45, 2.75) is 12.0 Å². The second-order valence-corrected chi connectivity index (χ2v) is 12.6. The first-order chi connectivity index (χ1) is 17.2. The summed E-state index contributed by atoms with van der Waals surface area (Å²) < 4.78 is 6.55. The number of thioether (sulfide) groups is 1. The van der Waals surface area contributed by atoms with Gasteiger partial charge in [0, 0.05) is 11.3 Å². The van der Waals surface area contributed by atoms with Crippen LogP contribution in [0.25, 0.3) is 11.5 Å². The minimum Gasteiger partial charge on any atom is -0.425 e. The number of rotatable bonds is 8. The maximum Gasteiger partial charge on any atom is 0.251 e. The number of aryl methyl sites for hydroxylation is 1. The summed E-state index contributed by atoms with van der Waals surface area (Å²) in [5, 5.41) is 4.61. The van der Waals surface area contributed by atoms with E-state index in [-0.39, 0.29) is 0 Å². The molecule has 1 aromatic heterocycles. The first-order valence-electron chi connectivity index (χ1n) is 11.6. The van der Waals surface area contributed by atoms with E-state index in [0.717, 1.165) is 21.8 Å². The van der Waals surface area contributed by atoms with Gasteiger partial charge in [-0.15, -0.1) is 6.58 Å². The molecule has 35 heavy (non-hydrogen) atoms. The standard InChI is InChI=1S/C31H27NOPS/c1-3-23-35-31-30(32-29(33-31)25-21-19-24(2)20-22-25)34(26-13-7-4-8-14-26,27-15-9-5-10-16-27)28-17-11-6-12-18-28/h3-22H,1,23H2,2H3/q+1. The smallest absolute Gasteiger partial charge is 0.251 e. The van der Waals surface area contributed by atoms with Gasteiger partial charge in [0.2, 0.25) is 11.0 Å². The van der Waals surface area contributed by atoms with Crippen molar-refractivity contribution < 1.29 is 4.42 Å². The third kappa shape index (κ3) is 4.50. The highest BCUT2D eigenvalue weighted by molar-refractivity contribution is 8.04. The van der Waals surface area contributed by atoms with E-state index in [9.17, 15) is 0 Å². The molecule has 0 saturated heterocycles. The molecular weight excluding hydrogens is 465 g/mol. The molecule has 0 aliphatic heterocycles. The molecule has 0 N–H and O–H groups in total. The van der Waals surface area contributed by atoms with Gasteiger partial charge in [0.05, 0.1) is 0 Å². The molecule has 5 rings (SSSR count). The second-order valence-electron chi connectivity index (χ2n) is 8.27. The summed E-state index contributed by atoms with van der Waals surface area (Å²) in [4.78, 5) is 5.29. The zero-order valence-corrected chi connectivity index (χ0v) is 21.4. The normalized spacial score (nSPS) is 11.3. The fourth-order valence-electron chi connectivity index (χ4n) is 4.33. The highest BCUT2D eigenvalue weighted by atomic mass is 32.2. The van der Waals surface area contributed by atoms with Crippen LogP contribution < -0.4 is 21.3 Å². The zero-order chi connectivity index (χ0) is 24.1. The quantitative estimate of drug-likeness (QED) is 0.140. The number of aromatic nitrogens is 1. The predicted octanol–water partition coefficient (Wildman–Crippen LogP) is 6.55. The summed E-state index contributed by atoms with van der Waals surface area (Å²) in [7, 11) is -2.35. The third-order valence-electron chi connectivity index (χ3n) is 5.96. The molecule has 0 radical (unpaired) electrons. The van der Waals surface area contributed by atoms with Gasteiger partial charge in [-0.2, -0.15) is 4.98 Å². The van der Waals surface area contributed by atoms with Gasteiger partial charge in [0.15, 0.2) is 7.26 Å². The number of oxazole rings is 1. The number of hydrogen-bond acceptors (Lipinski definition) is 3. The molecule has 172 valence electrons. The van der Waals surface area contributed by atoms with Crippen molar-refractivity contribution in [2.75, 3.05) is 5.75 Å². The lowest BCUT2D eigenvalue weighted by molar-refractivity contribution is 0.487. The first-order valence-corrected chi connectivity index (χ1v) is 14.4. The summed E-state index contributed by atoms with van der Waals surface area (Å²) in [5.74, 6) is 1.40. The molecule has 0 aliphatic rings. The van der Waals surface area contributed by atoms with Crippen LogP contribution in [0.2, 0.25) is 0 Å². The molecule has 4 heteroatoms. The molecule has 5 aromatic rings. The Balaban J connectivity index is 1.86. The van der Waals surface area contributed by atoms with Crippen LogP contribution in [0.5, 0.6) is 0 Å². The van der Waals surface area contributed by atoms with Crippen molar-refractivity contribution in [3.8, 4) is 11.5 Å². The maximum atomic E-state index is 6.55. The Morgan fingerprint density at radius 2 is 1.23 bits per heavy atom. The average Bonchev–Trinajstić information content (AvgIpc) is 3.34. The minimum atomic E-state index is -2.35. The van der Waals surface area contributed by atoms with Gasteiger partial charge in [-0.3, -0.25) is 0 Å². The molecule has 0 saturated carbocycles. The van der Waals surface area contributed by atoms with Crippen LogP contribution in [0.15, 0.2) is 137 Å². The number of benzene rings is 4. The molecule has 0 unspecified atom stereocenters. The van der Waals surface area contributed by atoms with Gasteiger partial charge in [0.1, 0.15) is 15.9 Å². The van der Waals surface area contributed by atoms with E-state index < -0.39 is 7.26 Å². The molecule has 0 fully saturated rings. The topological polar surface area (TPSA) is 26.0 Å². The first kappa shape index (κ1) is 23.4. The molecule has 0 spiro atoms. The lowest BCUT2D eigenvalue weighted by atomic mass is 10.1. The minimum absolute atomic E-state index is 0.652. The molecule has 0 bridgehead atoms. The molecule has 0 aliphatic carbocycles. The molecule has 1 heterocycles. The van der Waals surface area contributed by atoms with E-state index in [1.54, 1.807) is 11.8 Å². The van der Waals surface area contributed by atoms with Crippen LogP contribution in [0.4, 0.5) is 0 Å². The van der Waals surface area contributed by atoms with Crippen molar-refractivity contribution in [1.82, 2.24) is 4.98 Å². The van der Waals surface area contributed by atoms with E-state index in [2.05, 4.69) is 129 Å². The van der Waals surface area contributed by atoms with Crippen LogP contribution >= 0.6 is 19.0 Å². The van der Waals surface area contributed by atoms with Gasteiger partial charge < -0.3 is 4.42 Å². The van der Waals surface area contributed by atoms with Gasteiger partial charge in [-0.25, -0.2) is 0 Å². The van der Waals surface area contributed by atoms with E-state index in [0.29, 0.717) is 5.89 Å². The van der Waals surface area contributed by atoms with Gasteiger partial charge >= 0.3 is 0 Å². The number of hydrogen-bond donors (Lipinski definition) is 0. The maximum absolute atomic E-state index is 6.55. The van der Waals surface area contributed by atoms with Gasteiger partial charge in [-0.05, 0) is 55.5 Å². The molecule has 4 aromatic carbocycles. The predicted molar refractivity (Wildman–Crippen MR) is 152 cm³/mol. The Morgan fingerprint density at radius 1 is 0.743 bits per heavy atom. The number of nitrogens with zero attached hydrogens (tertiary/aromatic N) is 1. The SMILES string of the molecule is C=CCSc1oc(-c2ccc(C)cc2)nc1[P+](c1ccccc1)(c1ccccc1)c1ccccc1. The zero-order valence-electron chi connectivity index (χ0n) is 19.7. The second kappa shape index (κ2) is 10.5. The molecule has 2 nitrogen and oxygen atoms in total. The van der Waals surface area contributed by atoms with Crippen LogP contribution in [0.3, 0.4) is 0 Å². The van der Waals surface area contributed by atoms with Crippen molar-refractivity contribution in [3.05, 3.63) is 133 Å². The van der Waals surface area contributed by atoms with Gasteiger partial charge in [-0.1, -0.05) is 90.1 Å². The van der Waals surface area contributed by atoms with Crippen LogP contribution in [0, 0.1) is 6.92 Å². The van der Waals surface area contributed by atoms with E-state index >= 15 is 0 Å². The van der Waals surface area contributed by atoms with Crippen molar-refractivity contribution in [1.29, 1.82) is 0 Å². The average molecular weight is 493 g/mol. The molecule has 0 amide bonds. The Bertz CT molecular complexity index is 1300. The monoisotopic (exact) mass is 492 g/mol.